The number of benzene rings is 1. The molecule has 5 nitrogen and oxygen atoms in total. The molecule has 6 heteroatoms. The Hall–Kier alpha value is -2.47. The molecule has 0 radical (unpaired) electrons. The number of carbonyl (C=O) groups excluding carboxylic acids is 2. The molecule has 0 unspecified atom stereocenters. The lowest BCUT2D eigenvalue weighted by atomic mass is 10.0. The molecule has 1 aromatic carbocycles. The average Bonchev–Trinajstić information content (AvgIpc) is 2.58. The highest BCUT2D eigenvalue weighted by atomic mass is 32.1. The molecule has 2 rings (SSSR count). The molecule has 1 aromatic rings. The number of aryl methyl sites for hydroxylation is 1. The van der Waals surface area contributed by atoms with Crippen molar-refractivity contribution < 1.29 is 14.3 Å². The predicted octanol–water partition coefficient (Wildman–Crippen LogP) is 4.05. The van der Waals surface area contributed by atoms with Gasteiger partial charge in [0.1, 0.15) is 6.61 Å². The van der Waals surface area contributed by atoms with E-state index in [1.807, 2.05) is 31.2 Å². The third kappa shape index (κ3) is 4.52. The number of thiol groups is 1. The molecular formula is C18H20N2O3S. The normalized spacial score (nSPS) is 14.5. The lowest BCUT2D eigenvalue weighted by Gasteiger charge is -2.24. The molecule has 0 saturated carbocycles. The monoisotopic (exact) mass is 344 g/mol. The van der Waals surface area contributed by atoms with Crippen LogP contribution in [0.4, 0.5) is 16.2 Å². The fourth-order valence-corrected chi connectivity index (χ4v) is 2.54. The first-order valence-corrected chi connectivity index (χ1v) is 7.98. The molecule has 1 N–H and O–H groups in total. The van der Waals surface area contributed by atoms with E-state index in [0.717, 1.165) is 16.8 Å². The lowest BCUT2D eigenvalue weighted by Crippen LogP contribution is -2.26. The minimum Gasteiger partial charge on any atom is -0.444 e. The summed E-state index contributed by atoms with van der Waals surface area (Å²) >= 11 is 4.18. The second kappa shape index (κ2) is 8.40. The van der Waals surface area contributed by atoms with Crippen LogP contribution in [0.1, 0.15) is 18.9 Å². The highest BCUT2D eigenvalue weighted by Crippen LogP contribution is 2.31. The van der Waals surface area contributed by atoms with Crippen LogP contribution in [0.15, 0.2) is 54.7 Å². The van der Waals surface area contributed by atoms with Crippen LogP contribution in [0.2, 0.25) is 0 Å². The summed E-state index contributed by atoms with van der Waals surface area (Å²) in [5, 5.41) is 2.68. The zero-order chi connectivity index (χ0) is 17.5. The Morgan fingerprint density at radius 2 is 2.25 bits per heavy atom. The van der Waals surface area contributed by atoms with Gasteiger partial charge in [-0.1, -0.05) is 43.7 Å². The van der Waals surface area contributed by atoms with Crippen LogP contribution in [0, 0.1) is 0 Å². The van der Waals surface area contributed by atoms with E-state index in [0.29, 0.717) is 18.5 Å². The highest BCUT2D eigenvalue weighted by molar-refractivity contribution is 7.82. The van der Waals surface area contributed by atoms with E-state index in [-0.39, 0.29) is 12.5 Å². The maximum absolute atomic E-state index is 11.9. The molecule has 0 atom stereocenters. The first-order chi connectivity index (χ1) is 11.5. The molecule has 2 amide bonds. The smallest absolute Gasteiger partial charge is 0.411 e. The Bertz CT molecular complexity index is 710. The van der Waals surface area contributed by atoms with Gasteiger partial charge < -0.3 is 4.74 Å². The molecule has 0 aliphatic carbocycles. The highest BCUT2D eigenvalue weighted by Gasteiger charge is 2.22. The fourth-order valence-electron chi connectivity index (χ4n) is 2.25. The zero-order valence-corrected chi connectivity index (χ0v) is 14.4. The summed E-state index contributed by atoms with van der Waals surface area (Å²) in [4.78, 5) is 23.5. The van der Waals surface area contributed by atoms with Crippen molar-refractivity contribution >= 4 is 36.2 Å². The van der Waals surface area contributed by atoms with E-state index in [4.69, 9.17) is 4.74 Å². The maximum atomic E-state index is 11.9. The number of nitrogens with one attached hydrogen (secondary N) is 1. The van der Waals surface area contributed by atoms with E-state index >= 15 is 0 Å². The van der Waals surface area contributed by atoms with Crippen molar-refractivity contribution in [2.75, 3.05) is 16.2 Å². The molecule has 0 fully saturated rings. The van der Waals surface area contributed by atoms with Gasteiger partial charge in [-0.2, -0.15) is 0 Å². The van der Waals surface area contributed by atoms with Gasteiger partial charge in [0.05, 0.1) is 5.69 Å². The molecular weight excluding hydrogens is 324 g/mol. The van der Waals surface area contributed by atoms with Crippen LogP contribution in [0.5, 0.6) is 0 Å². The first kappa shape index (κ1) is 17.9. The topological polar surface area (TPSA) is 58.6 Å². The number of nitrogens with zero attached hydrogens (tertiary/aromatic N) is 1. The third-order valence-corrected chi connectivity index (χ3v) is 3.97. The van der Waals surface area contributed by atoms with Gasteiger partial charge in [-0.3, -0.25) is 14.4 Å². The average molecular weight is 344 g/mol. The number of ether oxygens (including phenoxy) is 1. The van der Waals surface area contributed by atoms with Crippen LogP contribution in [0.3, 0.4) is 0 Å². The van der Waals surface area contributed by atoms with Gasteiger partial charge in [-0.25, -0.2) is 4.79 Å². The third-order valence-electron chi connectivity index (χ3n) is 3.53. The van der Waals surface area contributed by atoms with Crippen molar-refractivity contribution in [2.45, 2.75) is 19.8 Å². The second-order valence-corrected chi connectivity index (χ2v) is 5.62. The SMILES string of the molecule is C=C/C(=C\C=C/C)COC(=O)Nc1ccc2c(c1)CCC(=O)N2S. The Balaban J connectivity index is 1.97. The Morgan fingerprint density at radius 1 is 1.46 bits per heavy atom. The largest absolute Gasteiger partial charge is 0.444 e. The summed E-state index contributed by atoms with van der Waals surface area (Å²) in [5.74, 6) is -0.0316. The van der Waals surface area contributed by atoms with Crippen molar-refractivity contribution in [2.24, 2.45) is 0 Å². The summed E-state index contributed by atoms with van der Waals surface area (Å²) in [6, 6.07) is 5.30. The van der Waals surface area contributed by atoms with Gasteiger partial charge >= 0.3 is 6.09 Å². The van der Waals surface area contributed by atoms with E-state index in [1.165, 1.54) is 4.31 Å². The summed E-state index contributed by atoms with van der Waals surface area (Å²) in [7, 11) is 0. The van der Waals surface area contributed by atoms with Crippen molar-refractivity contribution in [3.8, 4) is 0 Å². The van der Waals surface area contributed by atoms with Gasteiger partial charge in [0.2, 0.25) is 5.91 Å². The number of carbonyl (C=O) groups is 2. The summed E-state index contributed by atoms with van der Waals surface area (Å²) in [5.41, 5.74) is 3.13. The van der Waals surface area contributed by atoms with Crippen LogP contribution in [0.25, 0.3) is 0 Å². The van der Waals surface area contributed by atoms with Crippen molar-refractivity contribution in [1.29, 1.82) is 0 Å². The molecule has 1 heterocycles. The molecule has 1 aliphatic rings. The van der Waals surface area contributed by atoms with Crippen LogP contribution < -0.4 is 9.62 Å². The summed E-state index contributed by atoms with van der Waals surface area (Å²) in [6.45, 7) is 5.73. The van der Waals surface area contributed by atoms with E-state index < -0.39 is 6.09 Å². The van der Waals surface area contributed by atoms with Gasteiger partial charge in [0, 0.05) is 12.1 Å². The number of fused-ring (bicyclic) bond motifs is 1. The van der Waals surface area contributed by atoms with Gasteiger partial charge in [-0.05, 0) is 42.7 Å². The van der Waals surface area contributed by atoms with E-state index in [9.17, 15) is 9.59 Å². The number of hydrogen-bond acceptors (Lipinski definition) is 4. The van der Waals surface area contributed by atoms with Crippen LogP contribution in [-0.2, 0) is 16.0 Å². The van der Waals surface area contributed by atoms with Crippen LogP contribution >= 0.6 is 12.8 Å². The Morgan fingerprint density at radius 3 is 2.96 bits per heavy atom. The van der Waals surface area contributed by atoms with Crippen molar-refractivity contribution in [3.05, 3.63) is 60.2 Å². The maximum Gasteiger partial charge on any atom is 0.411 e. The standard InChI is InChI=1S/C18H20N2O3S/c1-3-5-6-13(4-2)12-23-18(22)19-15-8-9-16-14(11-15)7-10-17(21)20(16)24/h3-6,8-9,11,24H,2,7,10,12H2,1H3,(H,19,22)/b5-3-,13-6+. The van der Waals surface area contributed by atoms with Gasteiger partial charge in [-0.15, -0.1) is 0 Å². The Labute approximate surface area is 147 Å². The number of amides is 2. The second-order valence-electron chi connectivity index (χ2n) is 5.22. The number of anilines is 2. The van der Waals surface area contributed by atoms with Crippen LogP contribution in [-0.4, -0.2) is 18.6 Å². The minimum absolute atomic E-state index is 0.0316. The molecule has 0 aromatic heterocycles. The fraction of sp³-hybridized carbons (Fsp3) is 0.222. The molecule has 0 spiro atoms. The number of hydrogen-bond donors (Lipinski definition) is 2. The predicted molar refractivity (Wildman–Crippen MR) is 99.3 cm³/mol. The molecule has 0 bridgehead atoms. The number of rotatable bonds is 5. The zero-order valence-electron chi connectivity index (χ0n) is 13.5. The first-order valence-electron chi connectivity index (χ1n) is 7.58. The molecule has 24 heavy (non-hydrogen) atoms. The van der Waals surface area contributed by atoms with E-state index in [1.54, 1.807) is 18.2 Å². The molecule has 126 valence electrons. The number of allylic oxidation sites excluding steroid dienone is 3. The lowest BCUT2D eigenvalue weighted by molar-refractivity contribution is -0.117. The van der Waals surface area contributed by atoms with E-state index in [2.05, 4.69) is 24.7 Å². The van der Waals surface area contributed by atoms with Gasteiger partial charge in [0.25, 0.3) is 0 Å². The minimum atomic E-state index is -0.544. The molecule has 0 saturated heterocycles. The van der Waals surface area contributed by atoms with Crippen molar-refractivity contribution in [3.63, 3.8) is 0 Å². The van der Waals surface area contributed by atoms with Gasteiger partial charge in [0.15, 0.2) is 0 Å². The van der Waals surface area contributed by atoms with Crippen molar-refractivity contribution in [1.82, 2.24) is 0 Å². The summed E-state index contributed by atoms with van der Waals surface area (Å²) < 4.78 is 6.51. The summed E-state index contributed by atoms with van der Waals surface area (Å²) in [6.07, 6.45) is 7.70. The quantitative estimate of drug-likeness (QED) is 0.626. The Kier molecular flexibility index (Phi) is 6.26. The molecule has 1 aliphatic heterocycles.